The Morgan fingerprint density at radius 2 is 2.00 bits per heavy atom. The molecule has 1 aliphatic rings. The molecular formula is C6H12N2S. The van der Waals surface area contributed by atoms with E-state index in [0.717, 1.165) is 31.2 Å². The van der Waals surface area contributed by atoms with Crippen molar-refractivity contribution in [3.63, 3.8) is 0 Å². The highest BCUT2D eigenvalue weighted by atomic mass is 32.1. The molecule has 0 spiro atoms. The van der Waals surface area contributed by atoms with Crippen LogP contribution in [0, 0.1) is 0 Å². The molecule has 9 heavy (non-hydrogen) atoms. The minimum atomic E-state index is 0.886. The predicted octanol–water partition coefficient (Wildman–Crippen LogP) is 0.293. The normalized spacial score (nSPS) is 19.9. The van der Waals surface area contributed by atoms with E-state index in [1.54, 1.807) is 0 Å². The molecule has 2 nitrogen and oxygen atoms in total. The van der Waals surface area contributed by atoms with Crippen molar-refractivity contribution in [2.75, 3.05) is 26.2 Å². The van der Waals surface area contributed by atoms with Gasteiger partial charge in [0.05, 0.1) is 5.03 Å². The third kappa shape index (κ3) is 1.91. The van der Waals surface area contributed by atoms with Gasteiger partial charge in [-0.2, -0.15) is 0 Å². The monoisotopic (exact) mass is 144 g/mol. The van der Waals surface area contributed by atoms with Gasteiger partial charge in [0.1, 0.15) is 0 Å². The zero-order valence-electron chi connectivity index (χ0n) is 5.43. The number of hydrogen-bond donors (Lipinski definition) is 2. The summed E-state index contributed by atoms with van der Waals surface area (Å²) in [6.07, 6.45) is 0. The fourth-order valence-electron chi connectivity index (χ4n) is 0.923. The van der Waals surface area contributed by atoms with Crippen LogP contribution in [0.25, 0.3) is 0 Å². The molecule has 0 aromatic rings. The number of nitrogens with one attached hydrogen (secondary N) is 1. The van der Waals surface area contributed by atoms with Crippen LogP contribution in [0.1, 0.15) is 0 Å². The van der Waals surface area contributed by atoms with Crippen LogP contribution in [0.4, 0.5) is 0 Å². The Kier molecular flexibility index (Phi) is 2.42. The van der Waals surface area contributed by atoms with Crippen LogP contribution in [0.5, 0.6) is 0 Å². The van der Waals surface area contributed by atoms with Gasteiger partial charge >= 0.3 is 0 Å². The molecule has 0 aliphatic carbocycles. The van der Waals surface area contributed by atoms with Crippen LogP contribution in [-0.2, 0) is 0 Å². The van der Waals surface area contributed by atoms with Gasteiger partial charge in [-0.3, -0.25) is 0 Å². The van der Waals surface area contributed by atoms with Crippen LogP contribution in [0.2, 0.25) is 0 Å². The molecule has 1 fully saturated rings. The first-order valence-electron chi connectivity index (χ1n) is 3.14. The standard InChI is InChI=1S/C6H12N2S/c1-6(9)8-4-2-7-3-5-8/h7,9H,1-5H2. The van der Waals surface area contributed by atoms with E-state index in [1.165, 1.54) is 0 Å². The van der Waals surface area contributed by atoms with Crippen molar-refractivity contribution < 1.29 is 0 Å². The molecule has 52 valence electrons. The van der Waals surface area contributed by atoms with Gasteiger partial charge < -0.3 is 10.2 Å². The summed E-state index contributed by atoms with van der Waals surface area (Å²) < 4.78 is 0. The van der Waals surface area contributed by atoms with Crippen molar-refractivity contribution >= 4 is 12.6 Å². The van der Waals surface area contributed by atoms with Crippen LogP contribution in [0.15, 0.2) is 11.6 Å². The summed E-state index contributed by atoms with van der Waals surface area (Å²) in [7, 11) is 0. The molecule has 3 heteroatoms. The lowest BCUT2D eigenvalue weighted by Crippen LogP contribution is -2.41. The van der Waals surface area contributed by atoms with E-state index in [-0.39, 0.29) is 0 Å². The van der Waals surface area contributed by atoms with Crippen molar-refractivity contribution in [2.45, 2.75) is 0 Å². The number of nitrogens with zero attached hydrogens (tertiary/aromatic N) is 1. The molecule has 1 saturated heterocycles. The van der Waals surface area contributed by atoms with Gasteiger partial charge in [-0.05, 0) is 0 Å². The van der Waals surface area contributed by atoms with Crippen LogP contribution >= 0.6 is 12.6 Å². The SMILES string of the molecule is C=C(S)N1CCNCC1. The molecule has 1 heterocycles. The highest BCUT2D eigenvalue weighted by Crippen LogP contribution is 2.05. The van der Waals surface area contributed by atoms with Gasteiger partial charge in [0, 0.05) is 26.2 Å². The maximum atomic E-state index is 4.14. The maximum absolute atomic E-state index is 4.14. The average Bonchev–Trinajstić information content (AvgIpc) is 1.90. The molecule has 0 aromatic heterocycles. The van der Waals surface area contributed by atoms with Crippen LogP contribution < -0.4 is 5.32 Å². The zero-order chi connectivity index (χ0) is 6.69. The van der Waals surface area contributed by atoms with Gasteiger partial charge in [0.15, 0.2) is 0 Å². The van der Waals surface area contributed by atoms with Crippen LogP contribution in [-0.4, -0.2) is 31.1 Å². The second-order valence-corrected chi connectivity index (χ2v) is 2.67. The fourth-order valence-corrected chi connectivity index (χ4v) is 1.12. The first kappa shape index (κ1) is 6.96. The Balaban J connectivity index is 2.31. The molecule has 1 rings (SSSR count). The van der Waals surface area contributed by atoms with E-state index in [9.17, 15) is 0 Å². The molecule has 0 bridgehead atoms. The lowest BCUT2D eigenvalue weighted by Gasteiger charge is -2.28. The minimum absolute atomic E-state index is 0.886. The summed E-state index contributed by atoms with van der Waals surface area (Å²) in [4.78, 5) is 2.17. The molecule has 0 atom stereocenters. The first-order valence-corrected chi connectivity index (χ1v) is 3.59. The van der Waals surface area contributed by atoms with Crippen molar-refractivity contribution in [2.24, 2.45) is 0 Å². The highest BCUT2D eigenvalue weighted by molar-refractivity contribution is 7.84. The Hall–Kier alpha value is -0.150. The Labute approximate surface area is 61.3 Å². The van der Waals surface area contributed by atoms with E-state index in [0.29, 0.717) is 0 Å². The average molecular weight is 144 g/mol. The topological polar surface area (TPSA) is 15.3 Å². The number of piperazine rings is 1. The summed E-state index contributed by atoms with van der Waals surface area (Å²) in [5.41, 5.74) is 0. The van der Waals surface area contributed by atoms with E-state index in [4.69, 9.17) is 0 Å². The first-order chi connectivity index (χ1) is 4.30. The molecular weight excluding hydrogens is 132 g/mol. The summed E-state index contributed by atoms with van der Waals surface area (Å²) in [5.74, 6) is 0. The van der Waals surface area contributed by atoms with Gasteiger partial charge in [0.2, 0.25) is 0 Å². The number of hydrogen-bond acceptors (Lipinski definition) is 3. The molecule has 0 radical (unpaired) electrons. The Bertz CT molecular complexity index is 108. The van der Waals surface area contributed by atoms with Crippen LogP contribution in [0.3, 0.4) is 0 Å². The van der Waals surface area contributed by atoms with E-state index in [2.05, 4.69) is 29.4 Å². The Morgan fingerprint density at radius 3 is 2.33 bits per heavy atom. The molecule has 1 aliphatic heterocycles. The summed E-state index contributed by atoms with van der Waals surface area (Å²) in [5, 5.41) is 4.14. The highest BCUT2D eigenvalue weighted by Gasteiger charge is 2.07. The van der Waals surface area contributed by atoms with Gasteiger partial charge in [0.25, 0.3) is 0 Å². The lowest BCUT2D eigenvalue weighted by molar-refractivity contribution is 0.318. The third-order valence-corrected chi connectivity index (χ3v) is 1.76. The van der Waals surface area contributed by atoms with Crippen molar-refractivity contribution in [1.29, 1.82) is 0 Å². The summed E-state index contributed by atoms with van der Waals surface area (Å²) in [6.45, 7) is 7.94. The van der Waals surface area contributed by atoms with E-state index in [1.807, 2.05) is 0 Å². The molecule has 0 aromatic carbocycles. The van der Waals surface area contributed by atoms with E-state index >= 15 is 0 Å². The lowest BCUT2D eigenvalue weighted by atomic mass is 10.4. The number of thiol groups is 1. The van der Waals surface area contributed by atoms with Crippen molar-refractivity contribution in [3.05, 3.63) is 11.6 Å². The van der Waals surface area contributed by atoms with Gasteiger partial charge in [-0.1, -0.05) is 6.58 Å². The number of rotatable bonds is 1. The van der Waals surface area contributed by atoms with Crippen molar-refractivity contribution in [1.82, 2.24) is 10.2 Å². The van der Waals surface area contributed by atoms with Crippen molar-refractivity contribution in [3.8, 4) is 0 Å². The van der Waals surface area contributed by atoms with Gasteiger partial charge in [-0.15, -0.1) is 12.6 Å². The Morgan fingerprint density at radius 1 is 1.44 bits per heavy atom. The fraction of sp³-hybridized carbons (Fsp3) is 0.667. The summed E-state index contributed by atoms with van der Waals surface area (Å²) >= 11 is 4.14. The largest absolute Gasteiger partial charge is 0.365 e. The minimum Gasteiger partial charge on any atom is -0.365 e. The quantitative estimate of drug-likeness (QED) is 0.514. The maximum Gasteiger partial charge on any atom is 0.0604 e. The van der Waals surface area contributed by atoms with Gasteiger partial charge in [-0.25, -0.2) is 0 Å². The molecule has 0 saturated carbocycles. The molecule has 0 amide bonds. The molecule has 1 N–H and O–H groups in total. The zero-order valence-corrected chi connectivity index (χ0v) is 6.32. The second kappa shape index (κ2) is 3.13. The predicted molar refractivity (Wildman–Crippen MR) is 42.6 cm³/mol. The second-order valence-electron chi connectivity index (χ2n) is 2.15. The molecule has 0 unspecified atom stereocenters. The van der Waals surface area contributed by atoms with E-state index < -0.39 is 0 Å². The summed E-state index contributed by atoms with van der Waals surface area (Å²) in [6, 6.07) is 0. The smallest absolute Gasteiger partial charge is 0.0604 e. The third-order valence-electron chi connectivity index (χ3n) is 1.48.